The molecule has 2 aliphatic rings. The molecule has 0 N–H and O–H groups in total. The Balaban J connectivity index is 1.50. The monoisotopic (exact) mass is 647 g/mol. The number of carbonyl (C=O) groups excluding carboxylic acids is 3. The van der Waals surface area contributed by atoms with Crippen LogP contribution in [0.5, 0.6) is 0 Å². The molecule has 1 saturated heterocycles. The Morgan fingerprint density at radius 2 is 1.70 bits per heavy atom. The quantitative estimate of drug-likeness (QED) is 0.0610. The van der Waals surface area contributed by atoms with Crippen LogP contribution in [0.3, 0.4) is 0 Å². The minimum atomic E-state index is -1.60. The molecule has 44 heavy (non-hydrogen) atoms. The molecule has 0 bridgehead atoms. The number of nitrogens with zero attached hydrogens (tertiary/aromatic N) is 3. The summed E-state index contributed by atoms with van der Waals surface area (Å²) in [4.78, 5) is 56.0. The number of hydrogen-bond donors (Lipinski definition) is 1. The van der Waals surface area contributed by atoms with E-state index >= 15 is 0 Å². The van der Waals surface area contributed by atoms with Crippen LogP contribution in [-0.4, -0.2) is 61.4 Å². The van der Waals surface area contributed by atoms with Crippen molar-refractivity contribution in [3.05, 3.63) is 123 Å². The zero-order valence-corrected chi connectivity index (χ0v) is 25.7. The maximum Gasteiger partial charge on any atom is 0.356 e. The fourth-order valence-electron chi connectivity index (χ4n) is 4.87. The van der Waals surface area contributed by atoms with E-state index in [1.807, 2.05) is 60.7 Å². The van der Waals surface area contributed by atoms with Gasteiger partial charge in [0.15, 0.2) is 6.10 Å². The molecule has 1 amide bonds. The van der Waals surface area contributed by atoms with E-state index in [0.717, 1.165) is 11.1 Å². The van der Waals surface area contributed by atoms with Gasteiger partial charge in [-0.1, -0.05) is 72.9 Å². The number of benzene rings is 3. The van der Waals surface area contributed by atoms with Gasteiger partial charge in [0.2, 0.25) is 5.54 Å². The summed E-state index contributed by atoms with van der Waals surface area (Å²) in [6.07, 6.45) is 0.617. The van der Waals surface area contributed by atoms with Crippen molar-refractivity contribution in [3.63, 3.8) is 0 Å². The van der Waals surface area contributed by atoms with E-state index in [9.17, 15) is 24.5 Å². The normalized spacial score (nSPS) is 19.4. The van der Waals surface area contributed by atoms with Gasteiger partial charge in [0.05, 0.1) is 9.12 Å². The van der Waals surface area contributed by atoms with Crippen LogP contribution >= 0.6 is 36.6 Å². The van der Waals surface area contributed by atoms with E-state index in [1.54, 1.807) is 0 Å². The van der Waals surface area contributed by atoms with Crippen LogP contribution in [-0.2, 0) is 23.9 Å². The molecule has 0 saturated carbocycles. The minimum absolute atomic E-state index is 0.00277. The number of thioether (sulfide) groups is 1. The van der Waals surface area contributed by atoms with Crippen LogP contribution < -0.4 is 0 Å². The standard InChI is InChI=1S/C31H25N3O7S3/c1-19(35)40-17-23-18-44-29-31(30(42)43,32-16-20-12-14-24(15-13-20)34(38)39)28(37)33(29)25(23)27(36)41-26(21-8-4-2-5-9-21)22-10-6-3-7-11-22/h2-16,26,29H,17-18H2,1H3,(H,42,43)/t29-,31+/m1/s1. The number of aliphatic imine (C=N–C) groups is 1. The van der Waals surface area contributed by atoms with Crippen molar-refractivity contribution in [1.82, 2.24) is 4.90 Å². The molecular formula is C31H25N3O7S3. The van der Waals surface area contributed by atoms with Crippen LogP contribution in [0.2, 0.25) is 0 Å². The van der Waals surface area contributed by atoms with E-state index in [4.69, 9.17) is 21.7 Å². The van der Waals surface area contributed by atoms with E-state index in [1.165, 1.54) is 54.1 Å². The summed E-state index contributed by atoms with van der Waals surface area (Å²) in [6.45, 7) is 1.04. The summed E-state index contributed by atoms with van der Waals surface area (Å²) >= 11 is 11.1. The first-order valence-electron chi connectivity index (χ1n) is 13.3. The summed E-state index contributed by atoms with van der Waals surface area (Å²) in [5.41, 5.74) is 0.634. The fourth-order valence-corrected chi connectivity index (χ4v) is 7.01. The largest absolute Gasteiger partial charge is 0.461 e. The third-order valence-electron chi connectivity index (χ3n) is 7.05. The molecule has 0 unspecified atom stereocenters. The summed E-state index contributed by atoms with van der Waals surface area (Å²) in [7, 11) is 0. The van der Waals surface area contributed by atoms with Gasteiger partial charge in [-0.25, -0.2) is 4.79 Å². The van der Waals surface area contributed by atoms with Crippen molar-refractivity contribution in [1.29, 1.82) is 0 Å². The lowest BCUT2D eigenvalue weighted by Gasteiger charge is -2.54. The van der Waals surface area contributed by atoms with Crippen molar-refractivity contribution < 1.29 is 28.8 Å². The highest BCUT2D eigenvalue weighted by Gasteiger charge is 2.66. The molecule has 2 heterocycles. The van der Waals surface area contributed by atoms with Crippen molar-refractivity contribution in [3.8, 4) is 0 Å². The molecule has 0 aromatic heterocycles. The number of non-ortho nitro benzene ring substituents is 1. The lowest BCUT2D eigenvalue weighted by molar-refractivity contribution is -0.384. The highest BCUT2D eigenvalue weighted by atomic mass is 32.2. The van der Waals surface area contributed by atoms with Gasteiger partial charge in [0.1, 0.15) is 17.7 Å². The first-order valence-corrected chi connectivity index (χ1v) is 15.2. The number of nitro groups is 1. The van der Waals surface area contributed by atoms with Crippen LogP contribution in [0.15, 0.2) is 101 Å². The number of ether oxygens (including phenoxy) is 2. The molecule has 0 radical (unpaired) electrons. The van der Waals surface area contributed by atoms with Gasteiger partial charge in [0.25, 0.3) is 11.6 Å². The highest BCUT2D eigenvalue weighted by Crippen LogP contribution is 2.50. The molecule has 1 fully saturated rings. The van der Waals surface area contributed by atoms with E-state index in [2.05, 4.69) is 17.6 Å². The Morgan fingerprint density at radius 1 is 1.11 bits per heavy atom. The van der Waals surface area contributed by atoms with Gasteiger partial charge >= 0.3 is 11.9 Å². The first-order chi connectivity index (χ1) is 21.1. The number of thiocarbonyl (C=S) groups is 1. The number of β-lactam (4-membered cyclic amide) rings is 1. The smallest absolute Gasteiger partial charge is 0.356 e. The SMILES string of the molecule is CC(=O)OCC1=C(C(=O)OC(c2ccccc2)c2ccccc2)N2C(=O)[C@@](N=Cc3ccc([N+](=O)[O-])cc3)(C(=S)S)[C@H]2SC1. The molecule has 224 valence electrons. The van der Waals surface area contributed by atoms with Crippen LogP contribution in [0.4, 0.5) is 5.69 Å². The molecule has 3 aromatic carbocycles. The Kier molecular flexibility index (Phi) is 9.28. The number of rotatable bonds is 10. The summed E-state index contributed by atoms with van der Waals surface area (Å²) < 4.78 is 11.3. The molecule has 2 atom stereocenters. The number of thiol groups is 1. The van der Waals surface area contributed by atoms with E-state index in [0.29, 0.717) is 11.1 Å². The van der Waals surface area contributed by atoms with Crippen molar-refractivity contribution in [2.75, 3.05) is 12.4 Å². The third-order valence-corrected chi connectivity index (χ3v) is 9.08. The first kappa shape index (κ1) is 31.1. The van der Waals surface area contributed by atoms with Gasteiger partial charge in [-0.05, 0) is 28.8 Å². The summed E-state index contributed by atoms with van der Waals surface area (Å²) in [6, 6.07) is 24.0. The maximum absolute atomic E-state index is 14.0. The van der Waals surface area contributed by atoms with Gasteiger partial charge < -0.3 is 9.47 Å². The number of carbonyl (C=O) groups is 3. The minimum Gasteiger partial charge on any atom is -0.461 e. The summed E-state index contributed by atoms with van der Waals surface area (Å²) in [5, 5.41) is 10.3. The topological polar surface area (TPSA) is 128 Å². The maximum atomic E-state index is 14.0. The Bertz CT molecular complexity index is 1640. The molecule has 13 heteroatoms. The van der Waals surface area contributed by atoms with E-state index in [-0.39, 0.29) is 27.9 Å². The highest BCUT2D eigenvalue weighted by molar-refractivity contribution is 8.11. The summed E-state index contributed by atoms with van der Waals surface area (Å²) in [5.74, 6) is -1.70. The van der Waals surface area contributed by atoms with Gasteiger partial charge in [0, 0.05) is 36.6 Å². The third kappa shape index (κ3) is 6.03. The number of fused-ring (bicyclic) bond motifs is 1. The lowest BCUT2D eigenvalue weighted by atomic mass is 9.88. The van der Waals surface area contributed by atoms with Gasteiger partial charge in [-0.3, -0.25) is 29.6 Å². The zero-order chi connectivity index (χ0) is 31.4. The van der Waals surface area contributed by atoms with Crippen LogP contribution in [0.25, 0.3) is 0 Å². The molecular weight excluding hydrogens is 623 g/mol. The Labute approximate surface area is 267 Å². The van der Waals surface area contributed by atoms with Crippen molar-refractivity contribution in [2.24, 2.45) is 4.99 Å². The predicted octanol–water partition coefficient (Wildman–Crippen LogP) is 5.07. The molecule has 10 nitrogen and oxygen atoms in total. The molecule has 3 aromatic rings. The fraction of sp³-hybridized carbons (Fsp3) is 0.194. The number of esters is 2. The Morgan fingerprint density at radius 3 is 2.23 bits per heavy atom. The predicted molar refractivity (Wildman–Crippen MR) is 173 cm³/mol. The molecule has 0 aliphatic carbocycles. The van der Waals surface area contributed by atoms with Crippen LogP contribution in [0.1, 0.15) is 29.7 Å². The number of hydrogen-bond acceptors (Lipinski definition) is 10. The van der Waals surface area contributed by atoms with E-state index < -0.39 is 39.8 Å². The second-order valence-corrected chi connectivity index (χ2v) is 12.1. The average molecular weight is 648 g/mol. The number of amides is 1. The van der Waals surface area contributed by atoms with Crippen LogP contribution in [0, 0.1) is 10.1 Å². The zero-order valence-electron chi connectivity index (χ0n) is 23.2. The van der Waals surface area contributed by atoms with Gasteiger partial charge in [-0.2, -0.15) is 0 Å². The molecule has 5 rings (SSSR count). The second kappa shape index (κ2) is 13.1. The Hall–Kier alpha value is -4.33. The second-order valence-electron chi connectivity index (χ2n) is 9.86. The van der Waals surface area contributed by atoms with Crippen molar-refractivity contribution in [2.45, 2.75) is 23.9 Å². The van der Waals surface area contributed by atoms with Gasteiger partial charge in [-0.15, -0.1) is 24.4 Å². The molecule has 2 aliphatic heterocycles. The van der Waals surface area contributed by atoms with Crippen molar-refractivity contribution >= 4 is 70.6 Å². The average Bonchev–Trinajstić information content (AvgIpc) is 3.03. The number of nitro benzene ring substituents is 1. The lowest BCUT2D eigenvalue weighted by Crippen LogP contribution is -2.75. The molecule has 0 spiro atoms.